The zero-order chi connectivity index (χ0) is 14.3. The molecule has 2 heteroatoms. The highest BCUT2D eigenvalue weighted by Crippen LogP contribution is 2.36. The van der Waals surface area contributed by atoms with Gasteiger partial charge in [0.05, 0.1) is 0 Å². The van der Waals surface area contributed by atoms with Gasteiger partial charge >= 0.3 is 0 Å². The molecule has 1 fully saturated rings. The smallest absolute Gasteiger partial charge is 0.176 e. The number of hydroxylamine groups is 2. The van der Waals surface area contributed by atoms with Gasteiger partial charge in [0.15, 0.2) is 6.23 Å². The average Bonchev–Trinajstić information content (AvgIpc) is 3.19. The molecular weight excluding hydrogens is 246 g/mol. The lowest BCUT2D eigenvalue weighted by molar-refractivity contribution is 0.101. The van der Waals surface area contributed by atoms with Crippen molar-refractivity contribution in [2.45, 2.75) is 39.5 Å². The van der Waals surface area contributed by atoms with E-state index in [9.17, 15) is 0 Å². The molecule has 104 valence electrons. The topological polar surface area (TPSA) is 15.5 Å². The van der Waals surface area contributed by atoms with Crippen LogP contribution in [0, 0.1) is 0 Å². The molecule has 2 atom stereocenters. The molecule has 0 saturated carbocycles. The molecule has 1 aliphatic heterocycles. The largest absolute Gasteiger partial charge is 0.270 e. The maximum atomic E-state index is 5.69. The highest BCUT2D eigenvalue weighted by Gasteiger charge is 2.45. The second kappa shape index (κ2) is 4.72. The Morgan fingerprint density at radius 2 is 1.80 bits per heavy atom. The van der Waals surface area contributed by atoms with Gasteiger partial charge in [-0.2, -0.15) is 0 Å². The predicted octanol–water partition coefficient (Wildman–Crippen LogP) is 4.61. The van der Waals surface area contributed by atoms with Crippen molar-refractivity contribution in [2.24, 2.45) is 0 Å². The zero-order valence-corrected chi connectivity index (χ0v) is 12.6. The lowest BCUT2D eigenvalue weighted by Gasteiger charge is -2.16. The van der Waals surface area contributed by atoms with E-state index in [1.165, 1.54) is 21.9 Å². The molecule has 2 nitrogen and oxygen atoms in total. The molecule has 20 heavy (non-hydrogen) atoms. The minimum atomic E-state index is 0.0541. The van der Waals surface area contributed by atoms with Crippen LogP contribution in [0.1, 0.15) is 33.3 Å². The van der Waals surface area contributed by atoms with Crippen LogP contribution in [0.3, 0.4) is 0 Å². The molecule has 2 unspecified atom stereocenters. The lowest BCUT2D eigenvalue weighted by Crippen LogP contribution is -2.27. The summed E-state index contributed by atoms with van der Waals surface area (Å²) in [5.41, 5.74) is 2.56. The van der Waals surface area contributed by atoms with E-state index in [0.717, 1.165) is 0 Å². The first-order valence-corrected chi connectivity index (χ1v) is 7.09. The summed E-state index contributed by atoms with van der Waals surface area (Å²) in [6.07, 6.45) is 2.35. The minimum absolute atomic E-state index is 0.0541. The van der Waals surface area contributed by atoms with Crippen molar-refractivity contribution >= 4 is 16.8 Å². The van der Waals surface area contributed by atoms with Crippen molar-refractivity contribution in [3.8, 4) is 0 Å². The van der Waals surface area contributed by atoms with Crippen molar-refractivity contribution in [1.29, 1.82) is 0 Å². The van der Waals surface area contributed by atoms with Gasteiger partial charge in [-0.05, 0) is 49.6 Å². The van der Waals surface area contributed by atoms with E-state index in [0.29, 0.717) is 0 Å². The van der Waals surface area contributed by atoms with Gasteiger partial charge in [-0.1, -0.05) is 48.5 Å². The van der Waals surface area contributed by atoms with Crippen LogP contribution in [0.15, 0.2) is 48.0 Å². The zero-order valence-electron chi connectivity index (χ0n) is 12.6. The van der Waals surface area contributed by atoms with Crippen LogP contribution in [0.5, 0.6) is 0 Å². The molecule has 1 heterocycles. The lowest BCUT2D eigenvalue weighted by atomic mass is 10.0. The number of benzene rings is 2. The maximum Gasteiger partial charge on any atom is 0.176 e. The van der Waals surface area contributed by atoms with E-state index in [4.69, 9.17) is 4.84 Å². The Hall–Kier alpha value is -1.64. The third-order valence-corrected chi connectivity index (χ3v) is 3.64. The first-order chi connectivity index (χ1) is 9.47. The summed E-state index contributed by atoms with van der Waals surface area (Å²) >= 11 is 0. The third-order valence-electron chi connectivity index (χ3n) is 3.64. The fourth-order valence-electron chi connectivity index (χ4n) is 2.55. The Bertz CT molecular complexity index is 661. The first-order valence-electron chi connectivity index (χ1n) is 7.09. The van der Waals surface area contributed by atoms with Crippen LogP contribution in [0.4, 0.5) is 0 Å². The van der Waals surface area contributed by atoms with Crippen LogP contribution in [-0.4, -0.2) is 16.8 Å². The van der Waals surface area contributed by atoms with Gasteiger partial charge in [-0.25, -0.2) is 0 Å². The molecule has 0 aromatic heterocycles. The van der Waals surface area contributed by atoms with E-state index in [2.05, 4.69) is 76.2 Å². The Balaban J connectivity index is 1.92. The van der Waals surface area contributed by atoms with E-state index in [1.807, 2.05) is 5.06 Å². The fourth-order valence-corrected chi connectivity index (χ4v) is 2.55. The molecule has 0 radical (unpaired) electrons. The number of hydrogen-bond acceptors (Lipinski definition) is 2. The molecule has 2 aromatic carbocycles. The highest BCUT2D eigenvalue weighted by atomic mass is 16.8. The van der Waals surface area contributed by atoms with Crippen molar-refractivity contribution in [3.63, 3.8) is 0 Å². The van der Waals surface area contributed by atoms with Crippen LogP contribution < -0.4 is 0 Å². The Morgan fingerprint density at radius 3 is 2.50 bits per heavy atom. The quantitative estimate of drug-likeness (QED) is 0.738. The van der Waals surface area contributed by atoms with E-state index < -0.39 is 0 Å². The molecule has 0 N–H and O–H groups in total. The second-order valence-electron chi connectivity index (χ2n) is 6.41. The molecule has 0 aliphatic carbocycles. The summed E-state index contributed by atoms with van der Waals surface area (Å²) in [5.74, 6) is 0. The van der Waals surface area contributed by atoms with Crippen molar-refractivity contribution in [2.75, 3.05) is 0 Å². The van der Waals surface area contributed by atoms with E-state index in [1.54, 1.807) is 0 Å². The minimum Gasteiger partial charge on any atom is -0.270 e. The Kier molecular flexibility index (Phi) is 3.15. The fraction of sp³-hybridized carbons (Fsp3) is 0.333. The van der Waals surface area contributed by atoms with Crippen molar-refractivity contribution in [1.82, 2.24) is 5.06 Å². The monoisotopic (exact) mass is 267 g/mol. The summed E-state index contributed by atoms with van der Waals surface area (Å²) in [6.45, 7) is 8.63. The van der Waals surface area contributed by atoms with Gasteiger partial charge in [-0.3, -0.25) is 4.84 Å². The van der Waals surface area contributed by atoms with Crippen LogP contribution in [-0.2, 0) is 4.84 Å². The molecule has 0 amide bonds. The number of fused-ring (bicyclic) bond motifs is 1. The van der Waals surface area contributed by atoms with Crippen LogP contribution in [0.25, 0.3) is 16.8 Å². The number of nitrogens with zero attached hydrogens (tertiary/aromatic N) is 1. The molecule has 3 rings (SSSR count). The van der Waals surface area contributed by atoms with Crippen LogP contribution >= 0.6 is 0 Å². The molecule has 1 saturated heterocycles. The Labute approximate surface area is 120 Å². The summed E-state index contributed by atoms with van der Waals surface area (Å²) < 4.78 is 0. The number of rotatable bonds is 2. The number of hydrogen-bond donors (Lipinski definition) is 0. The summed E-state index contributed by atoms with van der Waals surface area (Å²) in [4.78, 5) is 5.69. The van der Waals surface area contributed by atoms with E-state index >= 15 is 0 Å². The summed E-state index contributed by atoms with van der Waals surface area (Å²) in [6, 6.07) is 14.9. The predicted molar refractivity (Wildman–Crippen MR) is 84.1 cm³/mol. The van der Waals surface area contributed by atoms with Crippen molar-refractivity contribution in [3.05, 3.63) is 53.6 Å². The maximum absolute atomic E-state index is 5.69. The normalized spacial score (nSPS) is 23.1. The van der Waals surface area contributed by atoms with Gasteiger partial charge < -0.3 is 0 Å². The van der Waals surface area contributed by atoms with Gasteiger partial charge in [-0.15, -0.1) is 5.06 Å². The molecule has 0 bridgehead atoms. The van der Waals surface area contributed by atoms with Crippen molar-refractivity contribution < 1.29 is 4.84 Å². The third kappa shape index (κ3) is 2.49. The summed E-state index contributed by atoms with van der Waals surface area (Å²) in [5, 5.41) is 4.61. The first kappa shape index (κ1) is 13.3. The standard InChI is InChI=1S/C18H21NO/c1-13(17-19(20-17)18(2,3)4)12-15-10-7-9-14-8-5-6-11-16(14)15/h5-12,17H,1-4H3/b13-12+. The van der Waals surface area contributed by atoms with Gasteiger partial charge in [0.2, 0.25) is 0 Å². The Morgan fingerprint density at radius 1 is 1.10 bits per heavy atom. The van der Waals surface area contributed by atoms with Gasteiger partial charge in [0.25, 0.3) is 0 Å². The van der Waals surface area contributed by atoms with E-state index in [-0.39, 0.29) is 11.8 Å². The summed E-state index contributed by atoms with van der Waals surface area (Å²) in [7, 11) is 0. The molecular formula is C18H21NO. The highest BCUT2D eigenvalue weighted by molar-refractivity contribution is 5.90. The average molecular weight is 267 g/mol. The molecule has 1 aliphatic rings. The van der Waals surface area contributed by atoms with Crippen LogP contribution in [0.2, 0.25) is 0 Å². The SMILES string of the molecule is C/C(=C\c1cccc2ccccc12)C1ON1C(C)(C)C. The van der Waals surface area contributed by atoms with Gasteiger partial charge in [0.1, 0.15) is 0 Å². The second-order valence-corrected chi connectivity index (χ2v) is 6.41. The molecule has 2 aromatic rings. The molecule has 0 spiro atoms. The van der Waals surface area contributed by atoms with Gasteiger partial charge in [0, 0.05) is 5.54 Å².